The molecule has 1 fully saturated rings. The third kappa shape index (κ3) is 1.90. The first-order valence-corrected chi connectivity index (χ1v) is 4.43. The fourth-order valence-corrected chi connectivity index (χ4v) is 1.42. The van der Waals surface area contributed by atoms with E-state index in [1.54, 1.807) is 0 Å². The lowest BCUT2D eigenvalue weighted by molar-refractivity contribution is 0.0680. The van der Waals surface area contributed by atoms with Gasteiger partial charge in [0.25, 0.3) is 5.82 Å². The van der Waals surface area contributed by atoms with E-state index in [-0.39, 0.29) is 11.9 Å². The van der Waals surface area contributed by atoms with Gasteiger partial charge < -0.3 is 14.4 Å². The standard InChI is InChI=1S/C8H10N2O4/c11-8(12)7-9-6(14-10-7)4-5-2-1-3-13-5/h5H,1-4H2,(H,11,12). The van der Waals surface area contributed by atoms with E-state index >= 15 is 0 Å². The molecule has 1 saturated heterocycles. The van der Waals surface area contributed by atoms with Gasteiger partial charge in [0.05, 0.1) is 12.5 Å². The molecule has 1 unspecified atom stereocenters. The van der Waals surface area contributed by atoms with E-state index < -0.39 is 5.97 Å². The van der Waals surface area contributed by atoms with Crippen molar-refractivity contribution in [3.63, 3.8) is 0 Å². The van der Waals surface area contributed by atoms with Gasteiger partial charge in [0.1, 0.15) is 0 Å². The Hall–Kier alpha value is -1.43. The van der Waals surface area contributed by atoms with Crippen LogP contribution in [0.15, 0.2) is 4.52 Å². The van der Waals surface area contributed by atoms with Gasteiger partial charge in [0, 0.05) is 6.61 Å². The molecule has 1 aliphatic heterocycles. The maximum absolute atomic E-state index is 10.4. The minimum atomic E-state index is -1.17. The van der Waals surface area contributed by atoms with E-state index in [1.165, 1.54) is 0 Å². The Labute approximate surface area is 79.9 Å². The number of hydrogen-bond acceptors (Lipinski definition) is 5. The summed E-state index contributed by atoms with van der Waals surface area (Å²) in [5, 5.41) is 11.9. The van der Waals surface area contributed by atoms with Gasteiger partial charge >= 0.3 is 5.97 Å². The maximum Gasteiger partial charge on any atom is 0.377 e. The van der Waals surface area contributed by atoms with E-state index in [2.05, 4.69) is 10.1 Å². The topological polar surface area (TPSA) is 85.5 Å². The summed E-state index contributed by atoms with van der Waals surface area (Å²) in [6.45, 7) is 0.755. The number of carboxylic acid groups (broad SMARTS) is 1. The number of aromatic carboxylic acids is 1. The Kier molecular flexibility index (Phi) is 2.45. The lowest BCUT2D eigenvalue weighted by atomic mass is 10.2. The van der Waals surface area contributed by atoms with E-state index in [0.717, 1.165) is 19.4 Å². The van der Waals surface area contributed by atoms with Crippen LogP contribution in [0.5, 0.6) is 0 Å². The van der Waals surface area contributed by atoms with Gasteiger partial charge in [-0.3, -0.25) is 0 Å². The molecule has 76 valence electrons. The molecule has 14 heavy (non-hydrogen) atoms. The van der Waals surface area contributed by atoms with Crippen LogP contribution in [0.2, 0.25) is 0 Å². The van der Waals surface area contributed by atoms with Crippen LogP contribution >= 0.6 is 0 Å². The van der Waals surface area contributed by atoms with Gasteiger partial charge in [-0.1, -0.05) is 0 Å². The smallest absolute Gasteiger partial charge is 0.377 e. The summed E-state index contributed by atoms with van der Waals surface area (Å²) in [7, 11) is 0. The molecule has 2 heterocycles. The molecular weight excluding hydrogens is 188 g/mol. The summed E-state index contributed by atoms with van der Waals surface area (Å²) < 4.78 is 10.1. The van der Waals surface area contributed by atoms with Crippen molar-refractivity contribution in [1.82, 2.24) is 10.1 Å². The van der Waals surface area contributed by atoms with Crippen molar-refractivity contribution in [2.24, 2.45) is 0 Å². The number of ether oxygens (including phenoxy) is 1. The van der Waals surface area contributed by atoms with E-state index in [9.17, 15) is 4.79 Å². The van der Waals surface area contributed by atoms with Crippen molar-refractivity contribution in [2.75, 3.05) is 6.61 Å². The average Bonchev–Trinajstić information content (AvgIpc) is 2.75. The van der Waals surface area contributed by atoms with Crippen molar-refractivity contribution in [3.05, 3.63) is 11.7 Å². The number of rotatable bonds is 3. The summed E-state index contributed by atoms with van der Waals surface area (Å²) >= 11 is 0. The van der Waals surface area contributed by atoms with E-state index in [0.29, 0.717) is 12.3 Å². The molecule has 0 amide bonds. The minimum absolute atomic E-state index is 0.0945. The summed E-state index contributed by atoms with van der Waals surface area (Å²) in [5.74, 6) is -1.14. The number of hydrogen-bond donors (Lipinski definition) is 1. The van der Waals surface area contributed by atoms with Gasteiger partial charge in [0.2, 0.25) is 5.89 Å². The summed E-state index contributed by atoms with van der Waals surface area (Å²) in [6, 6.07) is 0. The SMILES string of the molecule is O=C(O)c1noc(CC2CCCO2)n1. The van der Waals surface area contributed by atoms with Crippen molar-refractivity contribution >= 4 is 5.97 Å². The Morgan fingerprint density at radius 1 is 1.64 bits per heavy atom. The molecule has 0 aromatic carbocycles. The summed E-state index contributed by atoms with van der Waals surface area (Å²) in [4.78, 5) is 14.2. The predicted molar refractivity (Wildman–Crippen MR) is 43.9 cm³/mol. The zero-order valence-corrected chi connectivity index (χ0v) is 7.47. The van der Waals surface area contributed by atoms with Gasteiger partial charge in [-0.2, -0.15) is 4.98 Å². The molecule has 0 spiro atoms. The fourth-order valence-electron chi connectivity index (χ4n) is 1.42. The minimum Gasteiger partial charge on any atom is -0.475 e. The first-order valence-electron chi connectivity index (χ1n) is 4.43. The quantitative estimate of drug-likeness (QED) is 0.760. The predicted octanol–water partition coefficient (Wildman–Crippen LogP) is 0.489. The van der Waals surface area contributed by atoms with Crippen molar-refractivity contribution in [2.45, 2.75) is 25.4 Å². The van der Waals surface area contributed by atoms with Crippen LogP contribution in [-0.4, -0.2) is 33.9 Å². The van der Waals surface area contributed by atoms with Crippen LogP contribution in [0, 0.1) is 0 Å². The number of carboxylic acids is 1. The highest BCUT2D eigenvalue weighted by molar-refractivity contribution is 5.82. The lowest BCUT2D eigenvalue weighted by Gasteiger charge is -2.03. The number of nitrogens with zero attached hydrogens (tertiary/aromatic N) is 2. The summed E-state index contributed by atoms with van der Waals surface area (Å²) in [6.07, 6.45) is 2.59. The van der Waals surface area contributed by atoms with E-state index in [4.69, 9.17) is 14.4 Å². The van der Waals surface area contributed by atoms with E-state index in [1.807, 2.05) is 0 Å². The Balaban J connectivity index is 1.98. The Morgan fingerprint density at radius 2 is 2.50 bits per heavy atom. The molecule has 6 nitrogen and oxygen atoms in total. The highest BCUT2D eigenvalue weighted by Crippen LogP contribution is 2.16. The second-order valence-electron chi connectivity index (χ2n) is 3.16. The van der Waals surface area contributed by atoms with Crippen LogP contribution in [0.25, 0.3) is 0 Å². The third-order valence-corrected chi connectivity index (χ3v) is 2.09. The van der Waals surface area contributed by atoms with Gasteiger partial charge in [-0.25, -0.2) is 4.79 Å². The molecule has 1 atom stereocenters. The van der Waals surface area contributed by atoms with Crippen LogP contribution in [0.1, 0.15) is 29.4 Å². The second kappa shape index (κ2) is 3.75. The fraction of sp³-hybridized carbons (Fsp3) is 0.625. The van der Waals surface area contributed by atoms with Crippen molar-refractivity contribution in [3.8, 4) is 0 Å². The first-order chi connectivity index (χ1) is 6.75. The molecule has 6 heteroatoms. The maximum atomic E-state index is 10.4. The molecule has 0 aliphatic carbocycles. The zero-order chi connectivity index (χ0) is 9.97. The van der Waals surface area contributed by atoms with Crippen LogP contribution in [0.3, 0.4) is 0 Å². The second-order valence-corrected chi connectivity index (χ2v) is 3.16. The molecule has 1 aromatic heterocycles. The van der Waals surface area contributed by atoms with Crippen LogP contribution in [0.4, 0.5) is 0 Å². The Bertz CT molecular complexity index is 330. The molecule has 0 saturated carbocycles. The highest BCUT2D eigenvalue weighted by Gasteiger charge is 2.20. The van der Waals surface area contributed by atoms with Crippen molar-refractivity contribution in [1.29, 1.82) is 0 Å². The Morgan fingerprint density at radius 3 is 3.07 bits per heavy atom. The normalized spacial score (nSPS) is 21.3. The highest BCUT2D eigenvalue weighted by atomic mass is 16.5. The number of aromatic nitrogens is 2. The molecule has 1 aliphatic rings. The number of carbonyl (C=O) groups is 1. The largest absolute Gasteiger partial charge is 0.475 e. The monoisotopic (exact) mass is 198 g/mol. The van der Waals surface area contributed by atoms with Gasteiger partial charge in [0.15, 0.2) is 0 Å². The summed E-state index contributed by atoms with van der Waals surface area (Å²) in [5.41, 5.74) is 0. The first kappa shape index (κ1) is 9.14. The van der Waals surface area contributed by atoms with Gasteiger partial charge in [-0.15, -0.1) is 0 Å². The van der Waals surface area contributed by atoms with Crippen LogP contribution < -0.4 is 0 Å². The van der Waals surface area contributed by atoms with Crippen molar-refractivity contribution < 1.29 is 19.2 Å². The molecule has 1 N–H and O–H groups in total. The third-order valence-electron chi connectivity index (χ3n) is 2.09. The molecule has 0 radical (unpaired) electrons. The average molecular weight is 198 g/mol. The molecule has 2 rings (SSSR count). The molecule has 1 aromatic rings. The molecule has 0 bridgehead atoms. The van der Waals surface area contributed by atoms with Crippen LogP contribution in [-0.2, 0) is 11.2 Å². The van der Waals surface area contributed by atoms with Gasteiger partial charge in [-0.05, 0) is 18.0 Å². The lowest BCUT2D eigenvalue weighted by Crippen LogP contribution is -2.09. The zero-order valence-electron chi connectivity index (χ0n) is 7.47. The molecular formula is C8H10N2O4.